The molecule has 2 rings (SSSR count). The number of hydrogen-bond acceptors (Lipinski definition) is 5. The van der Waals surface area contributed by atoms with E-state index in [1.165, 1.54) is 11.3 Å². The van der Waals surface area contributed by atoms with Crippen molar-refractivity contribution in [2.24, 2.45) is 5.73 Å². The fourth-order valence-electron chi connectivity index (χ4n) is 1.63. The maximum absolute atomic E-state index is 11.7. The number of halogens is 1. The number of aromatic nitrogens is 1. The number of nitrogens with zero attached hydrogens (tertiary/aromatic N) is 1. The van der Waals surface area contributed by atoms with Gasteiger partial charge in [0.05, 0.1) is 17.3 Å². The molecular formula is C13H18ClN3O2S. The number of rotatable bonds is 5. The molecular weight excluding hydrogens is 298 g/mol. The second-order valence-corrected chi connectivity index (χ2v) is 5.45. The highest BCUT2D eigenvalue weighted by atomic mass is 35.5. The highest BCUT2D eigenvalue weighted by molar-refractivity contribution is 7.22. The van der Waals surface area contributed by atoms with Gasteiger partial charge in [0.2, 0.25) is 5.91 Å². The van der Waals surface area contributed by atoms with Crippen molar-refractivity contribution >= 4 is 45.0 Å². The molecule has 1 atom stereocenters. The zero-order chi connectivity index (χ0) is 13.8. The molecule has 0 fully saturated rings. The van der Waals surface area contributed by atoms with Gasteiger partial charge in [-0.2, -0.15) is 0 Å². The zero-order valence-corrected chi connectivity index (χ0v) is 13.0. The van der Waals surface area contributed by atoms with Gasteiger partial charge in [0, 0.05) is 12.5 Å². The molecule has 110 valence electrons. The first kappa shape index (κ1) is 16.7. The topological polar surface area (TPSA) is 77.2 Å². The Morgan fingerprint density at radius 2 is 2.30 bits per heavy atom. The van der Waals surface area contributed by atoms with E-state index in [-0.39, 0.29) is 24.4 Å². The van der Waals surface area contributed by atoms with Gasteiger partial charge in [0.15, 0.2) is 5.13 Å². The molecule has 3 N–H and O–H groups in total. The summed E-state index contributed by atoms with van der Waals surface area (Å²) in [5, 5.41) is 3.41. The fourth-order valence-corrected chi connectivity index (χ4v) is 2.54. The molecule has 0 spiro atoms. The molecule has 1 amide bonds. The lowest BCUT2D eigenvalue weighted by molar-refractivity contribution is -0.116. The summed E-state index contributed by atoms with van der Waals surface area (Å²) in [6, 6.07) is 5.67. The van der Waals surface area contributed by atoms with Crippen molar-refractivity contribution in [3.63, 3.8) is 0 Å². The lowest BCUT2D eigenvalue weighted by Crippen LogP contribution is -2.19. The average Bonchev–Trinajstić information content (AvgIpc) is 2.77. The van der Waals surface area contributed by atoms with Gasteiger partial charge in [-0.3, -0.25) is 4.79 Å². The molecule has 2 aromatic rings. The van der Waals surface area contributed by atoms with E-state index in [1.807, 2.05) is 25.1 Å². The first-order valence-corrected chi connectivity index (χ1v) is 6.90. The number of hydrogen-bond donors (Lipinski definition) is 2. The summed E-state index contributed by atoms with van der Waals surface area (Å²) >= 11 is 1.44. The third kappa shape index (κ3) is 4.33. The van der Waals surface area contributed by atoms with E-state index in [0.717, 1.165) is 16.0 Å². The van der Waals surface area contributed by atoms with Crippen LogP contribution in [0.1, 0.15) is 19.8 Å². The first-order chi connectivity index (χ1) is 9.08. The van der Waals surface area contributed by atoms with Crippen LogP contribution in [-0.2, 0) is 4.79 Å². The van der Waals surface area contributed by atoms with E-state index in [9.17, 15) is 4.79 Å². The molecule has 0 aliphatic rings. The fraction of sp³-hybridized carbons (Fsp3) is 0.385. The van der Waals surface area contributed by atoms with E-state index in [0.29, 0.717) is 18.0 Å². The van der Waals surface area contributed by atoms with Crippen molar-refractivity contribution in [2.45, 2.75) is 25.8 Å². The molecule has 5 nitrogen and oxygen atoms in total. The number of carbonyl (C=O) groups excluding carboxylic acids is 1. The van der Waals surface area contributed by atoms with E-state index < -0.39 is 0 Å². The van der Waals surface area contributed by atoms with E-state index in [4.69, 9.17) is 10.5 Å². The van der Waals surface area contributed by atoms with Crippen LogP contribution in [0, 0.1) is 0 Å². The second kappa shape index (κ2) is 7.42. The molecule has 0 bridgehead atoms. The van der Waals surface area contributed by atoms with Crippen LogP contribution in [0.2, 0.25) is 0 Å². The lowest BCUT2D eigenvalue weighted by atomic mass is 10.2. The number of nitrogens with one attached hydrogen (secondary N) is 1. The van der Waals surface area contributed by atoms with Gasteiger partial charge in [0.1, 0.15) is 5.75 Å². The van der Waals surface area contributed by atoms with E-state index in [1.54, 1.807) is 7.11 Å². The van der Waals surface area contributed by atoms with Crippen molar-refractivity contribution in [1.29, 1.82) is 0 Å². The average molecular weight is 316 g/mol. The normalized spacial score (nSPS) is 11.8. The van der Waals surface area contributed by atoms with Crippen LogP contribution in [-0.4, -0.2) is 24.0 Å². The predicted molar refractivity (Wildman–Crippen MR) is 84.9 cm³/mol. The summed E-state index contributed by atoms with van der Waals surface area (Å²) in [4.78, 5) is 16.0. The van der Waals surface area contributed by atoms with Gasteiger partial charge in [0.25, 0.3) is 0 Å². The van der Waals surface area contributed by atoms with Crippen molar-refractivity contribution in [1.82, 2.24) is 4.98 Å². The summed E-state index contributed by atoms with van der Waals surface area (Å²) in [5.41, 5.74) is 6.48. The number of anilines is 1. The van der Waals surface area contributed by atoms with Crippen LogP contribution in [0.25, 0.3) is 10.2 Å². The van der Waals surface area contributed by atoms with Gasteiger partial charge in [-0.25, -0.2) is 4.98 Å². The van der Waals surface area contributed by atoms with Crippen LogP contribution in [0.5, 0.6) is 5.75 Å². The Morgan fingerprint density at radius 3 is 2.95 bits per heavy atom. The molecule has 0 aliphatic heterocycles. The molecule has 0 saturated heterocycles. The molecule has 1 aromatic heterocycles. The summed E-state index contributed by atoms with van der Waals surface area (Å²) < 4.78 is 6.14. The molecule has 20 heavy (non-hydrogen) atoms. The number of methoxy groups -OCH3 is 1. The Hall–Kier alpha value is -1.37. The van der Waals surface area contributed by atoms with Crippen molar-refractivity contribution < 1.29 is 9.53 Å². The number of ether oxygens (including phenoxy) is 1. The lowest BCUT2D eigenvalue weighted by Gasteiger charge is -2.03. The van der Waals surface area contributed by atoms with Crippen molar-refractivity contribution in [3.8, 4) is 5.75 Å². The first-order valence-electron chi connectivity index (χ1n) is 6.08. The van der Waals surface area contributed by atoms with Crippen molar-refractivity contribution in [2.75, 3.05) is 12.4 Å². The Labute approximate surface area is 127 Å². The summed E-state index contributed by atoms with van der Waals surface area (Å²) in [5.74, 6) is 0.731. The Morgan fingerprint density at radius 1 is 1.55 bits per heavy atom. The zero-order valence-electron chi connectivity index (χ0n) is 11.4. The standard InChI is InChI=1S/C13H17N3O2S.ClH/c1-8(14)3-6-12(17)16-13-15-10-5-4-9(18-2)7-11(10)19-13;/h4-5,7-8H,3,6,14H2,1-2H3,(H,15,16,17);1H. The highest BCUT2D eigenvalue weighted by Gasteiger charge is 2.09. The molecule has 1 heterocycles. The summed E-state index contributed by atoms with van der Waals surface area (Å²) in [6.45, 7) is 1.89. The van der Waals surface area contributed by atoms with Gasteiger partial charge in [-0.1, -0.05) is 11.3 Å². The third-order valence-corrected chi connectivity index (χ3v) is 3.60. The molecule has 7 heteroatoms. The number of benzene rings is 1. The highest BCUT2D eigenvalue weighted by Crippen LogP contribution is 2.29. The minimum atomic E-state index is -0.0525. The number of carbonyl (C=O) groups is 1. The Kier molecular flexibility index (Phi) is 6.19. The van der Waals surface area contributed by atoms with Crippen LogP contribution in [0.3, 0.4) is 0 Å². The Balaban J connectivity index is 0.00000200. The van der Waals surface area contributed by atoms with Crippen molar-refractivity contribution in [3.05, 3.63) is 18.2 Å². The van der Waals surface area contributed by atoms with Crippen LogP contribution in [0.15, 0.2) is 18.2 Å². The maximum Gasteiger partial charge on any atom is 0.226 e. The monoisotopic (exact) mass is 315 g/mol. The van der Waals surface area contributed by atoms with Gasteiger partial charge >= 0.3 is 0 Å². The summed E-state index contributed by atoms with van der Waals surface area (Å²) in [6.07, 6.45) is 1.08. The third-order valence-electron chi connectivity index (χ3n) is 2.67. The van der Waals surface area contributed by atoms with Gasteiger partial charge < -0.3 is 15.8 Å². The molecule has 0 saturated carbocycles. The van der Waals surface area contributed by atoms with Gasteiger partial charge in [-0.15, -0.1) is 12.4 Å². The number of thiazole rings is 1. The SMILES string of the molecule is COc1ccc2nc(NC(=O)CCC(C)N)sc2c1.Cl. The van der Waals surface area contributed by atoms with Crippen LogP contribution >= 0.6 is 23.7 Å². The molecule has 0 radical (unpaired) electrons. The maximum atomic E-state index is 11.7. The van der Waals surface area contributed by atoms with Crippen LogP contribution in [0.4, 0.5) is 5.13 Å². The number of nitrogens with two attached hydrogens (primary N) is 1. The number of fused-ring (bicyclic) bond motifs is 1. The predicted octanol–water partition coefficient (Wildman–Crippen LogP) is 2.79. The van der Waals surface area contributed by atoms with E-state index in [2.05, 4.69) is 10.3 Å². The number of amides is 1. The Bertz CT molecular complexity index is 586. The smallest absolute Gasteiger partial charge is 0.226 e. The largest absolute Gasteiger partial charge is 0.497 e. The quantitative estimate of drug-likeness (QED) is 0.889. The molecule has 1 aromatic carbocycles. The minimum Gasteiger partial charge on any atom is -0.497 e. The molecule has 0 aliphatic carbocycles. The summed E-state index contributed by atoms with van der Waals surface area (Å²) in [7, 11) is 1.62. The van der Waals surface area contributed by atoms with E-state index >= 15 is 0 Å². The molecule has 1 unspecified atom stereocenters. The minimum absolute atomic E-state index is 0. The van der Waals surface area contributed by atoms with Crippen LogP contribution < -0.4 is 15.8 Å². The second-order valence-electron chi connectivity index (χ2n) is 4.42. The van der Waals surface area contributed by atoms with Gasteiger partial charge in [-0.05, 0) is 31.5 Å².